The molecule has 0 aliphatic carbocycles. The second kappa shape index (κ2) is 7.93. The molecule has 0 unspecified atom stereocenters. The van der Waals surface area contributed by atoms with Gasteiger partial charge in [-0.25, -0.2) is 13.1 Å². The molecule has 9 heteroatoms. The topological polar surface area (TPSA) is 87.9 Å². The van der Waals surface area contributed by atoms with Gasteiger partial charge in [0.25, 0.3) is 0 Å². The monoisotopic (exact) mass is 386 g/mol. The molecule has 3 heterocycles. The van der Waals surface area contributed by atoms with E-state index in [2.05, 4.69) is 19.7 Å². The van der Waals surface area contributed by atoms with Gasteiger partial charge in [0.05, 0.1) is 0 Å². The number of nitrogens with zero attached hydrogens (tertiary/aromatic N) is 3. The fourth-order valence-corrected chi connectivity index (χ4v) is 5.78. The lowest BCUT2D eigenvalue weighted by Gasteiger charge is -2.31. The Morgan fingerprint density at radius 1 is 1.23 bits per heavy atom. The van der Waals surface area contributed by atoms with E-state index in [1.165, 1.54) is 0 Å². The van der Waals surface area contributed by atoms with Gasteiger partial charge in [0.1, 0.15) is 10.6 Å². The van der Waals surface area contributed by atoms with Gasteiger partial charge in [0.15, 0.2) is 5.76 Å². The first-order valence-electron chi connectivity index (χ1n) is 9.19. The van der Waals surface area contributed by atoms with E-state index in [-0.39, 0.29) is 16.9 Å². The van der Waals surface area contributed by atoms with Crippen LogP contribution < -0.4 is 4.72 Å². The normalized spacial score (nSPS) is 26.0. The number of hydrogen-bond donors (Lipinski definition) is 1. The van der Waals surface area contributed by atoms with Crippen LogP contribution in [0.1, 0.15) is 24.3 Å². The summed E-state index contributed by atoms with van der Waals surface area (Å²) in [6.45, 7) is 7.34. The molecule has 0 bridgehead atoms. The van der Waals surface area contributed by atoms with E-state index in [0.717, 1.165) is 45.7 Å². The van der Waals surface area contributed by atoms with Gasteiger partial charge in [-0.3, -0.25) is 4.90 Å². The molecule has 2 fully saturated rings. The summed E-state index contributed by atoms with van der Waals surface area (Å²) in [5.74, 6) is 0.571. The number of ether oxygens (including phenoxy) is 1. The van der Waals surface area contributed by atoms with Gasteiger partial charge in [0, 0.05) is 50.8 Å². The third kappa shape index (κ3) is 4.28. The van der Waals surface area contributed by atoms with Gasteiger partial charge in [-0.05, 0) is 40.8 Å². The molecule has 0 amide bonds. The van der Waals surface area contributed by atoms with Crippen molar-refractivity contribution in [3.63, 3.8) is 0 Å². The highest BCUT2D eigenvalue weighted by Gasteiger charge is 2.39. The summed E-state index contributed by atoms with van der Waals surface area (Å²) in [4.78, 5) is 4.72. The minimum Gasteiger partial charge on any atom is -0.381 e. The summed E-state index contributed by atoms with van der Waals surface area (Å²) in [7, 11) is 0.389. The number of likely N-dealkylation sites (tertiary alicyclic amines) is 1. The van der Waals surface area contributed by atoms with Crippen LogP contribution in [0.4, 0.5) is 0 Å². The zero-order chi connectivity index (χ0) is 18.9. The van der Waals surface area contributed by atoms with E-state index < -0.39 is 10.0 Å². The van der Waals surface area contributed by atoms with Crippen LogP contribution in [0.15, 0.2) is 9.42 Å². The summed E-state index contributed by atoms with van der Waals surface area (Å²) in [6.07, 6.45) is 2.02. The molecule has 0 aromatic carbocycles. The van der Waals surface area contributed by atoms with Gasteiger partial charge in [-0.15, -0.1) is 0 Å². The molecule has 0 radical (unpaired) electrons. The van der Waals surface area contributed by atoms with E-state index in [9.17, 15) is 8.42 Å². The van der Waals surface area contributed by atoms with Crippen LogP contribution in [-0.4, -0.2) is 82.4 Å². The molecule has 148 valence electrons. The molecule has 8 nitrogen and oxygen atoms in total. The van der Waals surface area contributed by atoms with Crippen LogP contribution in [0, 0.1) is 19.8 Å². The van der Waals surface area contributed by atoms with E-state index >= 15 is 0 Å². The molecule has 2 aliphatic heterocycles. The zero-order valence-electron chi connectivity index (χ0n) is 16.1. The molecule has 26 heavy (non-hydrogen) atoms. The smallest absolute Gasteiger partial charge is 0.246 e. The number of aryl methyl sites for hydroxylation is 2. The van der Waals surface area contributed by atoms with Crippen molar-refractivity contribution in [2.75, 3.05) is 46.9 Å². The number of nitrogens with one attached hydrogen (secondary N) is 1. The van der Waals surface area contributed by atoms with Crippen molar-refractivity contribution in [1.29, 1.82) is 0 Å². The Hall–Kier alpha value is -1.00. The fraction of sp³-hybridized carbons (Fsp3) is 0.824. The average Bonchev–Trinajstić information content (AvgIpc) is 3.11. The van der Waals surface area contributed by atoms with Crippen LogP contribution in [0.5, 0.6) is 0 Å². The Labute approximate surface area is 155 Å². The van der Waals surface area contributed by atoms with Crippen molar-refractivity contribution in [2.24, 2.45) is 5.92 Å². The molecular weight excluding hydrogens is 356 g/mol. The lowest BCUT2D eigenvalue weighted by Crippen LogP contribution is -2.44. The average molecular weight is 387 g/mol. The molecule has 2 atom stereocenters. The van der Waals surface area contributed by atoms with Crippen LogP contribution in [0.25, 0.3) is 0 Å². The molecule has 3 rings (SSSR count). The predicted octanol–water partition coefficient (Wildman–Crippen LogP) is 0.611. The van der Waals surface area contributed by atoms with Gasteiger partial charge in [0.2, 0.25) is 10.0 Å². The fourth-order valence-electron chi connectivity index (χ4n) is 4.16. The molecule has 1 N–H and O–H groups in total. The quantitative estimate of drug-likeness (QED) is 0.766. The van der Waals surface area contributed by atoms with Crippen molar-refractivity contribution in [3.05, 3.63) is 11.5 Å². The second-order valence-corrected chi connectivity index (χ2v) is 9.35. The standard InChI is InChI=1S/C17H30N4O4S/c1-12-17(13(2)25-18-12)26(22,23)19-16-11-21(10-14(16)9-20(3)4)15-5-7-24-8-6-15/h14-16,19H,5-11H2,1-4H3/t14-,16-/m1/s1. The van der Waals surface area contributed by atoms with Crippen LogP contribution in [-0.2, 0) is 14.8 Å². The first kappa shape index (κ1) is 19.8. The highest BCUT2D eigenvalue weighted by molar-refractivity contribution is 7.89. The molecule has 0 saturated carbocycles. The summed E-state index contributed by atoms with van der Waals surface area (Å²) < 4.78 is 39.3. The van der Waals surface area contributed by atoms with Crippen molar-refractivity contribution in [2.45, 2.75) is 43.7 Å². The van der Waals surface area contributed by atoms with Crippen molar-refractivity contribution < 1.29 is 17.7 Å². The Morgan fingerprint density at radius 3 is 2.50 bits per heavy atom. The Balaban J connectivity index is 1.77. The van der Waals surface area contributed by atoms with Crippen LogP contribution in [0.3, 0.4) is 0 Å². The highest BCUT2D eigenvalue weighted by Crippen LogP contribution is 2.27. The van der Waals surface area contributed by atoms with Gasteiger partial charge in [-0.1, -0.05) is 5.16 Å². The minimum absolute atomic E-state index is 0.126. The Kier molecular flexibility index (Phi) is 6.03. The van der Waals surface area contributed by atoms with Gasteiger partial charge >= 0.3 is 0 Å². The van der Waals surface area contributed by atoms with Crippen molar-refractivity contribution >= 4 is 10.0 Å². The largest absolute Gasteiger partial charge is 0.381 e. The third-order valence-corrected chi connectivity index (χ3v) is 7.05. The first-order valence-corrected chi connectivity index (χ1v) is 10.7. The zero-order valence-corrected chi connectivity index (χ0v) is 16.9. The SMILES string of the molecule is Cc1noc(C)c1S(=O)(=O)N[C@@H]1CN(C2CCOCC2)C[C@H]1CN(C)C. The predicted molar refractivity (Wildman–Crippen MR) is 97.5 cm³/mol. The minimum atomic E-state index is -3.66. The summed E-state index contributed by atoms with van der Waals surface area (Å²) in [5.41, 5.74) is 0.401. The van der Waals surface area contributed by atoms with Gasteiger partial charge < -0.3 is 14.2 Å². The number of hydrogen-bond acceptors (Lipinski definition) is 7. The lowest BCUT2D eigenvalue weighted by atomic mass is 10.0. The number of aromatic nitrogens is 1. The summed E-state index contributed by atoms with van der Waals surface area (Å²) >= 11 is 0. The van der Waals surface area contributed by atoms with Crippen molar-refractivity contribution in [3.8, 4) is 0 Å². The highest BCUT2D eigenvalue weighted by atomic mass is 32.2. The van der Waals surface area contributed by atoms with Crippen LogP contribution in [0.2, 0.25) is 0 Å². The maximum atomic E-state index is 12.9. The van der Waals surface area contributed by atoms with E-state index in [1.54, 1.807) is 13.8 Å². The maximum absolute atomic E-state index is 12.9. The molecule has 2 aliphatic rings. The lowest BCUT2D eigenvalue weighted by molar-refractivity contribution is 0.0405. The Bertz CT molecular complexity index is 693. The third-order valence-electron chi connectivity index (χ3n) is 5.32. The molecule has 0 spiro atoms. The van der Waals surface area contributed by atoms with E-state index in [1.807, 2.05) is 14.1 Å². The van der Waals surface area contributed by atoms with E-state index in [4.69, 9.17) is 9.26 Å². The molecule has 1 aromatic heterocycles. The second-order valence-electron chi connectivity index (χ2n) is 7.70. The van der Waals surface area contributed by atoms with Crippen LogP contribution >= 0.6 is 0 Å². The Morgan fingerprint density at radius 2 is 1.92 bits per heavy atom. The summed E-state index contributed by atoms with van der Waals surface area (Å²) in [6, 6.07) is 0.348. The first-order chi connectivity index (χ1) is 12.3. The molecular formula is C17H30N4O4S. The molecule has 1 aromatic rings. The molecule has 2 saturated heterocycles. The maximum Gasteiger partial charge on any atom is 0.246 e. The van der Waals surface area contributed by atoms with Crippen molar-refractivity contribution in [1.82, 2.24) is 19.7 Å². The summed E-state index contributed by atoms with van der Waals surface area (Å²) in [5, 5.41) is 3.79. The number of rotatable bonds is 6. The van der Waals surface area contributed by atoms with Gasteiger partial charge in [-0.2, -0.15) is 0 Å². The number of sulfonamides is 1. The van der Waals surface area contributed by atoms with E-state index in [0.29, 0.717) is 17.5 Å².